The van der Waals surface area contributed by atoms with E-state index in [4.69, 9.17) is 0 Å². The van der Waals surface area contributed by atoms with Crippen LogP contribution in [0.15, 0.2) is 66.7 Å². The van der Waals surface area contributed by atoms with E-state index in [0.717, 1.165) is 47.8 Å². The van der Waals surface area contributed by atoms with E-state index in [9.17, 15) is 4.79 Å². The fourth-order valence-corrected chi connectivity index (χ4v) is 3.94. The van der Waals surface area contributed by atoms with E-state index in [2.05, 4.69) is 93.8 Å². The maximum atomic E-state index is 12.7. The Balaban J connectivity index is 2.03. The maximum absolute atomic E-state index is 12.7. The SMILES string of the molecule is C=C(CCC)Cc1ccc(CC(=O)C(C)CC)c2cc(C#Cc3ccc(C)cc3)ccc12. The topological polar surface area (TPSA) is 17.1 Å². The van der Waals surface area contributed by atoms with Crippen molar-refractivity contribution in [1.29, 1.82) is 0 Å². The van der Waals surface area contributed by atoms with Crippen LogP contribution in [0.5, 0.6) is 0 Å². The van der Waals surface area contributed by atoms with E-state index in [1.54, 1.807) is 0 Å². The number of ketones is 1. The molecule has 0 amide bonds. The molecular formula is C31H34O. The van der Waals surface area contributed by atoms with Gasteiger partial charge in [-0.15, -0.1) is 0 Å². The summed E-state index contributed by atoms with van der Waals surface area (Å²) in [5.41, 5.74) is 6.83. The Morgan fingerprint density at radius 3 is 2.16 bits per heavy atom. The van der Waals surface area contributed by atoms with Gasteiger partial charge in [-0.25, -0.2) is 0 Å². The molecule has 0 aliphatic heterocycles. The quantitative estimate of drug-likeness (QED) is 0.270. The Hall–Kier alpha value is -3.11. The number of benzene rings is 3. The zero-order valence-corrected chi connectivity index (χ0v) is 19.9. The van der Waals surface area contributed by atoms with Crippen LogP contribution in [-0.4, -0.2) is 5.78 Å². The third kappa shape index (κ3) is 5.98. The second-order valence-corrected chi connectivity index (χ2v) is 8.89. The second kappa shape index (κ2) is 11.0. The Bertz CT molecular complexity index is 1170. The molecule has 0 bridgehead atoms. The molecule has 1 unspecified atom stereocenters. The van der Waals surface area contributed by atoms with Crippen molar-refractivity contribution in [2.45, 2.75) is 59.8 Å². The first kappa shape index (κ1) is 23.6. The Kier molecular flexibility index (Phi) is 8.07. The Morgan fingerprint density at radius 1 is 0.875 bits per heavy atom. The minimum atomic E-state index is 0.0820. The van der Waals surface area contributed by atoms with Crippen molar-refractivity contribution in [1.82, 2.24) is 0 Å². The largest absolute Gasteiger partial charge is 0.299 e. The van der Waals surface area contributed by atoms with Crippen molar-refractivity contribution in [3.05, 3.63) is 94.6 Å². The van der Waals surface area contributed by atoms with Gasteiger partial charge in [0.05, 0.1) is 0 Å². The van der Waals surface area contributed by atoms with Gasteiger partial charge in [-0.3, -0.25) is 4.79 Å². The van der Waals surface area contributed by atoms with E-state index >= 15 is 0 Å². The lowest BCUT2D eigenvalue weighted by Gasteiger charge is -2.14. The molecule has 1 heteroatoms. The van der Waals surface area contributed by atoms with Crippen LogP contribution in [0.3, 0.4) is 0 Å². The number of rotatable bonds is 8. The molecule has 3 rings (SSSR count). The summed E-state index contributed by atoms with van der Waals surface area (Å²) in [6.07, 6.45) is 4.36. The van der Waals surface area contributed by atoms with Gasteiger partial charge in [0.1, 0.15) is 5.78 Å². The first-order valence-corrected chi connectivity index (χ1v) is 11.7. The maximum Gasteiger partial charge on any atom is 0.140 e. The lowest BCUT2D eigenvalue weighted by molar-refractivity contribution is -0.121. The normalized spacial score (nSPS) is 11.6. The number of Topliss-reactive ketones (excluding diaryl/α,β-unsaturated/α-hetero) is 1. The van der Waals surface area contributed by atoms with Crippen LogP contribution < -0.4 is 0 Å². The molecule has 1 atom stereocenters. The molecule has 0 spiro atoms. The number of hydrogen-bond donors (Lipinski definition) is 0. The minimum Gasteiger partial charge on any atom is -0.299 e. The van der Waals surface area contributed by atoms with Crippen molar-refractivity contribution < 1.29 is 4.79 Å². The number of allylic oxidation sites excluding steroid dienone is 1. The predicted molar refractivity (Wildman–Crippen MR) is 137 cm³/mol. The second-order valence-electron chi connectivity index (χ2n) is 8.89. The molecule has 3 aromatic carbocycles. The third-order valence-electron chi connectivity index (χ3n) is 6.17. The van der Waals surface area contributed by atoms with Gasteiger partial charge >= 0.3 is 0 Å². The number of hydrogen-bond acceptors (Lipinski definition) is 1. The average molecular weight is 423 g/mol. The molecule has 32 heavy (non-hydrogen) atoms. The highest BCUT2D eigenvalue weighted by atomic mass is 16.1. The van der Waals surface area contributed by atoms with E-state index in [1.807, 2.05) is 6.92 Å². The van der Waals surface area contributed by atoms with Crippen LogP contribution in [0.25, 0.3) is 10.8 Å². The standard InChI is InChI=1S/C31H34O/c1-6-8-23(4)19-27-16-17-28(21-31(32)24(5)7-2)30-20-26(15-18-29(27)30)14-13-25-11-9-22(3)10-12-25/h9-12,15-18,20,24H,4,6-8,19,21H2,1-3,5H3. The number of aryl methyl sites for hydroxylation is 1. The summed E-state index contributed by atoms with van der Waals surface area (Å²) in [5.74, 6) is 6.97. The zero-order chi connectivity index (χ0) is 23.1. The monoisotopic (exact) mass is 422 g/mol. The molecular weight excluding hydrogens is 388 g/mol. The fourth-order valence-electron chi connectivity index (χ4n) is 3.94. The first-order chi connectivity index (χ1) is 15.4. The lowest BCUT2D eigenvalue weighted by atomic mass is 9.90. The molecule has 0 radical (unpaired) electrons. The van der Waals surface area contributed by atoms with Crippen LogP contribution in [0.1, 0.15) is 67.9 Å². The van der Waals surface area contributed by atoms with Crippen molar-refractivity contribution in [3.8, 4) is 11.8 Å². The molecule has 3 aromatic rings. The summed E-state index contributed by atoms with van der Waals surface area (Å²) >= 11 is 0. The van der Waals surface area contributed by atoms with Gasteiger partial charge in [-0.05, 0) is 72.4 Å². The highest BCUT2D eigenvalue weighted by Gasteiger charge is 2.15. The van der Waals surface area contributed by atoms with E-state index in [1.165, 1.54) is 22.1 Å². The van der Waals surface area contributed by atoms with Gasteiger partial charge in [0.2, 0.25) is 0 Å². The molecule has 0 N–H and O–H groups in total. The number of fused-ring (bicyclic) bond motifs is 1. The van der Waals surface area contributed by atoms with Crippen LogP contribution >= 0.6 is 0 Å². The summed E-state index contributed by atoms with van der Waals surface area (Å²) in [6.45, 7) is 12.6. The zero-order valence-electron chi connectivity index (χ0n) is 19.9. The summed E-state index contributed by atoms with van der Waals surface area (Å²) in [6, 6.07) is 19.0. The predicted octanol–water partition coefficient (Wildman–Crippen LogP) is 7.60. The molecule has 0 aliphatic carbocycles. The molecule has 0 saturated heterocycles. The van der Waals surface area contributed by atoms with Gasteiger partial charge in [-0.1, -0.05) is 87.1 Å². The summed E-state index contributed by atoms with van der Waals surface area (Å²) in [5, 5.41) is 2.34. The Labute approximate surface area is 193 Å². The van der Waals surface area contributed by atoms with Crippen LogP contribution in [0.2, 0.25) is 0 Å². The van der Waals surface area contributed by atoms with Crippen molar-refractivity contribution in [2.24, 2.45) is 5.92 Å². The number of carbonyl (C=O) groups excluding carboxylic acids is 1. The third-order valence-corrected chi connectivity index (χ3v) is 6.17. The van der Waals surface area contributed by atoms with Gasteiger partial charge < -0.3 is 0 Å². The molecule has 164 valence electrons. The van der Waals surface area contributed by atoms with Crippen molar-refractivity contribution in [3.63, 3.8) is 0 Å². The van der Waals surface area contributed by atoms with Gasteiger partial charge in [-0.2, -0.15) is 0 Å². The van der Waals surface area contributed by atoms with Crippen LogP contribution in [0, 0.1) is 24.7 Å². The Morgan fingerprint density at radius 2 is 1.50 bits per heavy atom. The van der Waals surface area contributed by atoms with E-state index in [-0.39, 0.29) is 5.92 Å². The van der Waals surface area contributed by atoms with E-state index in [0.29, 0.717) is 12.2 Å². The molecule has 0 fully saturated rings. The highest BCUT2D eigenvalue weighted by molar-refractivity contribution is 5.94. The summed E-state index contributed by atoms with van der Waals surface area (Å²) < 4.78 is 0. The van der Waals surface area contributed by atoms with Crippen LogP contribution in [-0.2, 0) is 17.6 Å². The number of carbonyl (C=O) groups is 1. The van der Waals surface area contributed by atoms with Crippen molar-refractivity contribution in [2.75, 3.05) is 0 Å². The molecule has 0 aliphatic rings. The van der Waals surface area contributed by atoms with Gasteiger partial charge in [0.15, 0.2) is 0 Å². The van der Waals surface area contributed by atoms with Crippen molar-refractivity contribution >= 4 is 16.6 Å². The minimum absolute atomic E-state index is 0.0820. The van der Waals surface area contributed by atoms with E-state index < -0.39 is 0 Å². The highest BCUT2D eigenvalue weighted by Crippen LogP contribution is 2.28. The molecule has 0 heterocycles. The fraction of sp³-hybridized carbons (Fsp3) is 0.323. The van der Waals surface area contributed by atoms with Crippen LogP contribution in [0.4, 0.5) is 0 Å². The first-order valence-electron chi connectivity index (χ1n) is 11.7. The van der Waals surface area contributed by atoms with Gasteiger partial charge in [0.25, 0.3) is 0 Å². The summed E-state index contributed by atoms with van der Waals surface area (Å²) in [4.78, 5) is 12.7. The molecule has 1 nitrogen and oxygen atoms in total. The van der Waals surface area contributed by atoms with Gasteiger partial charge in [0, 0.05) is 23.5 Å². The molecule has 0 aromatic heterocycles. The lowest BCUT2D eigenvalue weighted by Crippen LogP contribution is -2.13. The smallest absolute Gasteiger partial charge is 0.140 e. The molecule has 0 saturated carbocycles. The average Bonchev–Trinajstić information content (AvgIpc) is 2.79. The summed E-state index contributed by atoms with van der Waals surface area (Å²) in [7, 11) is 0.